The lowest BCUT2D eigenvalue weighted by atomic mass is 10.1. The highest BCUT2D eigenvalue weighted by molar-refractivity contribution is 5.15. The van der Waals surface area contributed by atoms with E-state index < -0.39 is 0 Å². The number of aryl methyl sites for hydroxylation is 1. The van der Waals surface area contributed by atoms with Crippen molar-refractivity contribution < 1.29 is 4.42 Å². The Morgan fingerprint density at radius 2 is 2.20 bits per heavy atom. The van der Waals surface area contributed by atoms with Crippen LogP contribution in [0.3, 0.4) is 0 Å². The van der Waals surface area contributed by atoms with Gasteiger partial charge in [0.25, 0.3) is 0 Å². The number of aromatic nitrogens is 2. The lowest BCUT2D eigenvalue weighted by Gasteiger charge is -2.16. The first-order valence-corrected chi connectivity index (χ1v) is 7.42. The average Bonchev–Trinajstić information content (AvgIpc) is 3.05. The number of hydrogen-bond acceptors (Lipinski definition) is 3. The molecule has 2 aromatic heterocycles. The van der Waals surface area contributed by atoms with Gasteiger partial charge in [-0.15, -0.1) is 0 Å². The number of furan rings is 1. The maximum Gasteiger partial charge on any atom is 0.133 e. The van der Waals surface area contributed by atoms with Crippen molar-refractivity contribution in [1.29, 1.82) is 0 Å². The number of nitrogens with zero attached hydrogens (tertiary/aromatic N) is 2. The monoisotopic (exact) mass is 275 g/mol. The molecule has 1 unspecified atom stereocenters. The fraction of sp³-hybridized carbons (Fsp3) is 0.562. The molecule has 1 atom stereocenters. The number of nitrogens with one attached hydrogen (secondary N) is 1. The minimum absolute atomic E-state index is 0.0315. The van der Waals surface area contributed by atoms with Crippen LogP contribution in [0.15, 0.2) is 35.2 Å². The highest BCUT2D eigenvalue weighted by Crippen LogP contribution is 2.20. The Kier molecular flexibility index (Phi) is 5.41. The third kappa shape index (κ3) is 3.97. The van der Waals surface area contributed by atoms with Gasteiger partial charge in [-0.25, -0.2) is 4.98 Å². The molecule has 0 aromatic carbocycles. The summed E-state index contributed by atoms with van der Waals surface area (Å²) in [6.45, 7) is 5.52. The van der Waals surface area contributed by atoms with Gasteiger partial charge in [-0.3, -0.25) is 0 Å². The first-order chi connectivity index (χ1) is 9.68. The Bertz CT molecular complexity index is 488. The van der Waals surface area contributed by atoms with E-state index in [1.807, 2.05) is 36.1 Å². The van der Waals surface area contributed by atoms with Gasteiger partial charge >= 0.3 is 0 Å². The summed E-state index contributed by atoms with van der Waals surface area (Å²) >= 11 is 0. The molecule has 0 spiro atoms. The van der Waals surface area contributed by atoms with Gasteiger partial charge in [-0.1, -0.05) is 26.7 Å². The lowest BCUT2D eigenvalue weighted by molar-refractivity contribution is 0.421. The quantitative estimate of drug-likeness (QED) is 0.750. The van der Waals surface area contributed by atoms with Crippen molar-refractivity contribution in [3.05, 3.63) is 42.4 Å². The van der Waals surface area contributed by atoms with E-state index in [2.05, 4.69) is 24.1 Å². The minimum atomic E-state index is 0.0315. The molecule has 20 heavy (non-hydrogen) atoms. The maximum atomic E-state index is 5.55. The molecule has 0 saturated carbocycles. The zero-order valence-corrected chi connectivity index (χ0v) is 12.7. The second kappa shape index (κ2) is 7.29. The first kappa shape index (κ1) is 14.9. The SMILES string of the molecule is CC(C)CCCCNC(c1ccco1)c1nccn1C. The fourth-order valence-electron chi connectivity index (χ4n) is 2.35. The van der Waals surface area contributed by atoms with Crippen molar-refractivity contribution in [3.63, 3.8) is 0 Å². The number of rotatable bonds is 8. The summed E-state index contributed by atoms with van der Waals surface area (Å²) in [5.41, 5.74) is 0. The van der Waals surface area contributed by atoms with Gasteiger partial charge in [0.15, 0.2) is 0 Å². The van der Waals surface area contributed by atoms with Gasteiger partial charge in [-0.05, 0) is 31.0 Å². The minimum Gasteiger partial charge on any atom is -0.467 e. The Balaban J connectivity index is 1.93. The van der Waals surface area contributed by atoms with Crippen molar-refractivity contribution in [2.45, 2.75) is 39.2 Å². The molecule has 0 fully saturated rings. The molecule has 2 rings (SSSR count). The van der Waals surface area contributed by atoms with Gasteiger partial charge in [0.05, 0.1) is 6.26 Å². The molecule has 0 bridgehead atoms. The largest absolute Gasteiger partial charge is 0.467 e. The number of imidazole rings is 1. The normalized spacial score (nSPS) is 13.0. The lowest BCUT2D eigenvalue weighted by Crippen LogP contribution is -2.25. The number of unbranched alkanes of at least 4 members (excludes halogenated alkanes) is 1. The van der Waals surface area contributed by atoms with E-state index in [0.717, 1.165) is 24.0 Å². The van der Waals surface area contributed by atoms with Crippen molar-refractivity contribution in [3.8, 4) is 0 Å². The molecule has 2 heterocycles. The predicted octanol–water partition coefficient (Wildman–Crippen LogP) is 3.52. The Morgan fingerprint density at radius 1 is 1.35 bits per heavy atom. The van der Waals surface area contributed by atoms with Crippen molar-refractivity contribution >= 4 is 0 Å². The second-order valence-electron chi connectivity index (χ2n) is 5.69. The van der Waals surface area contributed by atoms with Crippen LogP contribution < -0.4 is 5.32 Å². The molecular weight excluding hydrogens is 250 g/mol. The third-order valence-corrected chi connectivity index (χ3v) is 3.50. The number of hydrogen-bond donors (Lipinski definition) is 1. The van der Waals surface area contributed by atoms with Crippen LogP contribution in [0.25, 0.3) is 0 Å². The molecule has 0 amide bonds. The van der Waals surface area contributed by atoms with Crippen LogP contribution in [0.5, 0.6) is 0 Å². The molecule has 4 heteroatoms. The second-order valence-corrected chi connectivity index (χ2v) is 5.69. The van der Waals surface area contributed by atoms with E-state index in [4.69, 9.17) is 4.42 Å². The van der Waals surface area contributed by atoms with Gasteiger partial charge in [0, 0.05) is 19.4 Å². The van der Waals surface area contributed by atoms with Crippen LogP contribution in [0, 0.1) is 5.92 Å². The van der Waals surface area contributed by atoms with E-state index in [1.165, 1.54) is 19.3 Å². The first-order valence-electron chi connectivity index (χ1n) is 7.42. The summed E-state index contributed by atoms with van der Waals surface area (Å²) in [5, 5.41) is 3.56. The van der Waals surface area contributed by atoms with E-state index in [1.54, 1.807) is 6.26 Å². The summed E-state index contributed by atoms with van der Waals surface area (Å²) in [6, 6.07) is 3.95. The average molecular weight is 275 g/mol. The summed E-state index contributed by atoms with van der Waals surface area (Å²) in [5.74, 6) is 2.69. The zero-order valence-electron chi connectivity index (χ0n) is 12.7. The van der Waals surface area contributed by atoms with Crippen LogP contribution >= 0.6 is 0 Å². The molecule has 1 N–H and O–H groups in total. The van der Waals surface area contributed by atoms with Gasteiger partial charge in [0.2, 0.25) is 0 Å². The molecule has 0 aliphatic carbocycles. The predicted molar refractivity (Wildman–Crippen MR) is 80.5 cm³/mol. The van der Waals surface area contributed by atoms with E-state index in [9.17, 15) is 0 Å². The molecule has 0 aliphatic rings. The van der Waals surface area contributed by atoms with E-state index in [0.29, 0.717) is 0 Å². The zero-order chi connectivity index (χ0) is 14.4. The Labute approximate surface area is 121 Å². The van der Waals surface area contributed by atoms with Gasteiger partial charge < -0.3 is 14.3 Å². The maximum absolute atomic E-state index is 5.55. The molecule has 4 nitrogen and oxygen atoms in total. The van der Waals surface area contributed by atoms with Gasteiger partial charge in [-0.2, -0.15) is 0 Å². The Morgan fingerprint density at radius 3 is 2.80 bits per heavy atom. The summed E-state index contributed by atoms with van der Waals surface area (Å²) in [6.07, 6.45) is 9.23. The standard InChI is InChI=1S/C16H25N3O/c1-13(2)7-4-5-9-17-15(14-8-6-12-20-14)16-18-10-11-19(16)3/h6,8,10-13,15,17H,4-5,7,9H2,1-3H3. The molecule has 0 aliphatic heterocycles. The fourth-order valence-corrected chi connectivity index (χ4v) is 2.35. The topological polar surface area (TPSA) is 43.0 Å². The summed E-state index contributed by atoms with van der Waals surface area (Å²) in [7, 11) is 2.01. The van der Waals surface area contributed by atoms with Crippen molar-refractivity contribution in [2.24, 2.45) is 13.0 Å². The van der Waals surface area contributed by atoms with Crippen molar-refractivity contribution in [1.82, 2.24) is 14.9 Å². The molecular formula is C16H25N3O. The van der Waals surface area contributed by atoms with Crippen LogP contribution in [-0.4, -0.2) is 16.1 Å². The Hall–Kier alpha value is -1.55. The van der Waals surface area contributed by atoms with Gasteiger partial charge in [0.1, 0.15) is 17.6 Å². The van der Waals surface area contributed by atoms with E-state index in [-0.39, 0.29) is 6.04 Å². The van der Waals surface area contributed by atoms with Crippen LogP contribution in [0.2, 0.25) is 0 Å². The summed E-state index contributed by atoms with van der Waals surface area (Å²) < 4.78 is 7.59. The van der Waals surface area contributed by atoms with E-state index >= 15 is 0 Å². The highest BCUT2D eigenvalue weighted by atomic mass is 16.3. The molecule has 0 saturated heterocycles. The smallest absolute Gasteiger partial charge is 0.133 e. The molecule has 2 aromatic rings. The van der Waals surface area contributed by atoms with Crippen LogP contribution in [0.4, 0.5) is 0 Å². The summed E-state index contributed by atoms with van der Waals surface area (Å²) in [4.78, 5) is 4.44. The highest BCUT2D eigenvalue weighted by Gasteiger charge is 2.19. The molecule has 0 radical (unpaired) electrons. The van der Waals surface area contributed by atoms with Crippen LogP contribution in [-0.2, 0) is 7.05 Å². The third-order valence-electron chi connectivity index (χ3n) is 3.50. The van der Waals surface area contributed by atoms with Crippen LogP contribution in [0.1, 0.15) is 50.7 Å². The molecule has 110 valence electrons. The van der Waals surface area contributed by atoms with Crippen molar-refractivity contribution in [2.75, 3.05) is 6.54 Å².